The second kappa shape index (κ2) is 8.14. The number of likely N-dealkylation sites (N-methyl/N-ethyl adjacent to an activating group) is 1. The van der Waals surface area contributed by atoms with E-state index >= 15 is 0 Å². The minimum atomic E-state index is -4.56. The molecular formula is C16H22F3N3O2. The zero-order valence-electron chi connectivity index (χ0n) is 14.1. The van der Waals surface area contributed by atoms with Crippen molar-refractivity contribution in [3.63, 3.8) is 0 Å². The molecule has 0 bridgehead atoms. The summed E-state index contributed by atoms with van der Waals surface area (Å²) in [5.41, 5.74) is -1.22. The third-order valence-corrected chi connectivity index (χ3v) is 3.37. The minimum absolute atomic E-state index is 0.0336. The molecule has 24 heavy (non-hydrogen) atoms. The number of rotatable bonds is 6. The Morgan fingerprint density at radius 2 is 1.75 bits per heavy atom. The smallest absolute Gasteiger partial charge is 0.353 e. The molecule has 0 aliphatic heterocycles. The quantitative estimate of drug-likeness (QED) is 0.833. The normalized spacial score (nSPS) is 13.0. The summed E-state index contributed by atoms with van der Waals surface area (Å²) in [6.07, 6.45) is -4.56. The van der Waals surface area contributed by atoms with Gasteiger partial charge in [-0.2, -0.15) is 13.2 Å². The lowest BCUT2D eigenvalue weighted by atomic mass is 10.1. The maximum atomic E-state index is 12.9. The first-order chi connectivity index (χ1) is 11.0. The fourth-order valence-corrected chi connectivity index (χ4v) is 2.01. The van der Waals surface area contributed by atoms with Crippen molar-refractivity contribution in [2.24, 2.45) is 0 Å². The molecule has 5 nitrogen and oxygen atoms in total. The number of benzene rings is 1. The van der Waals surface area contributed by atoms with E-state index in [2.05, 4.69) is 10.6 Å². The second-order valence-corrected chi connectivity index (χ2v) is 5.85. The summed E-state index contributed by atoms with van der Waals surface area (Å²) in [6.45, 7) is 5.10. The van der Waals surface area contributed by atoms with Crippen molar-refractivity contribution in [3.8, 4) is 0 Å². The van der Waals surface area contributed by atoms with Crippen LogP contribution in [0.15, 0.2) is 24.3 Å². The van der Waals surface area contributed by atoms with Gasteiger partial charge in [0.1, 0.15) is 0 Å². The Balaban J connectivity index is 2.76. The fourth-order valence-electron chi connectivity index (χ4n) is 2.01. The molecule has 1 atom stereocenters. The lowest BCUT2D eigenvalue weighted by Crippen LogP contribution is -2.46. The Kier molecular flexibility index (Phi) is 6.77. The van der Waals surface area contributed by atoms with Crippen molar-refractivity contribution in [1.29, 1.82) is 0 Å². The van der Waals surface area contributed by atoms with Gasteiger partial charge in [0.15, 0.2) is 0 Å². The Morgan fingerprint density at radius 1 is 1.17 bits per heavy atom. The van der Waals surface area contributed by atoms with E-state index in [4.69, 9.17) is 0 Å². The largest absolute Gasteiger partial charge is 0.418 e. The summed E-state index contributed by atoms with van der Waals surface area (Å²) in [6, 6.07) is 3.95. The van der Waals surface area contributed by atoms with E-state index in [0.29, 0.717) is 0 Å². The molecule has 0 saturated heterocycles. The van der Waals surface area contributed by atoms with Gasteiger partial charge in [0.05, 0.1) is 23.8 Å². The molecule has 134 valence electrons. The van der Waals surface area contributed by atoms with Crippen LogP contribution >= 0.6 is 0 Å². The van der Waals surface area contributed by atoms with Crippen LogP contribution in [0.5, 0.6) is 0 Å². The number of amides is 2. The number of carbonyl (C=O) groups excluding carboxylic acids is 2. The predicted octanol–water partition coefficient (Wildman–Crippen LogP) is 2.49. The van der Waals surface area contributed by atoms with Crippen molar-refractivity contribution in [3.05, 3.63) is 29.8 Å². The molecule has 0 spiro atoms. The zero-order valence-corrected chi connectivity index (χ0v) is 14.1. The summed E-state index contributed by atoms with van der Waals surface area (Å²) in [4.78, 5) is 25.3. The van der Waals surface area contributed by atoms with Gasteiger partial charge in [-0.15, -0.1) is 0 Å². The van der Waals surface area contributed by atoms with E-state index in [1.54, 1.807) is 7.05 Å². The number of hydrogen-bond donors (Lipinski definition) is 2. The van der Waals surface area contributed by atoms with Crippen molar-refractivity contribution in [2.45, 2.75) is 39.0 Å². The highest BCUT2D eigenvalue weighted by molar-refractivity contribution is 5.95. The molecule has 0 fully saturated rings. The first-order valence-electron chi connectivity index (χ1n) is 7.49. The van der Waals surface area contributed by atoms with Crippen LogP contribution in [-0.2, 0) is 15.8 Å². The van der Waals surface area contributed by atoms with E-state index in [1.165, 1.54) is 30.0 Å². The molecule has 0 heterocycles. The van der Waals surface area contributed by atoms with E-state index in [0.717, 1.165) is 6.07 Å². The number of halogens is 3. The van der Waals surface area contributed by atoms with E-state index in [-0.39, 0.29) is 24.2 Å². The Morgan fingerprint density at radius 3 is 2.29 bits per heavy atom. The molecule has 1 aromatic carbocycles. The number of carbonyl (C=O) groups is 2. The summed E-state index contributed by atoms with van der Waals surface area (Å²) < 4.78 is 38.8. The van der Waals surface area contributed by atoms with Gasteiger partial charge in [0.2, 0.25) is 11.8 Å². The maximum Gasteiger partial charge on any atom is 0.418 e. The van der Waals surface area contributed by atoms with E-state index < -0.39 is 23.7 Å². The molecule has 1 rings (SSSR count). The van der Waals surface area contributed by atoms with Crippen molar-refractivity contribution >= 4 is 17.5 Å². The third kappa shape index (κ3) is 5.84. The molecule has 1 aromatic rings. The number of nitrogens with zero attached hydrogens (tertiary/aromatic N) is 1. The summed E-state index contributed by atoms with van der Waals surface area (Å²) >= 11 is 0. The Labute approximate surface area is 139 Å². The summed E-state index contributed by atoms with van der Waals surface area (Å²) in [7, 11) is 1.56. The maximum absolute atomic E-state index is 12.9. The first kappa shape index (κ1) is 20.0. The molecule has 0 aromatic heterocycles. The molecular weight excluding hydrogens is 323 g/mol. The minimum Gasteiger partial charge on any atom is -0.353 e. The molecule has 0 radical (unpaired) electrons. The molecule has 2 N–H and O–H groups in total. The molecule has 8 heteroatoms. The molecule has 0 unspecified atom stereocenters. The molecule has 0 saturated carbocycles. The van der Waals surface area contributed by atoms with Gasteiger partial charge >= 0.3 is 6.18 Å². The van der Waals surface area contributed by atoms with Gasteiger partial charge in [-0.05, 0) is 40.0 Å². The van der Waals surface area contributed by atoms with Crippen LogP contribution in [-0.4, -0.2) is 42.4 Å². The van der Waals surface area contributed by atoms with Crippen LogP contribution in [0.2, 0.25) is 0 Å². The van der Waals surface area contributed by atoms with Gasteiger partial charge in [0.25, 0.3) is 0 Å². The third-order valence-electron chi connectivity index (χ3n) is 3.37. The van der Waals surface area contributed by atoms with Crippen LogP contribution in [0.4, 0.5) is 18.9 Å². The van der Waals surface area contributed by atoms with Gasteiger partial charge in [-0.3, -0.25) is 14.5 Å². The van der Waals surface area contributed by atoms with Gasteiger partial charge in [-0.25, -0.2) is 0 Å². The predicted molar refractivity (Wildman–Crippen MR) is 85.4 cm³/mol. The average Bonchev–Trinajstić information content (AvgIpc) is 2.44. The standard InChI is InChI=1S/C16H22F3N3O2/c1-10(2)20-14(23)9-22(4)11(3)15(24)21-13-8-6-5-7-12(13)16(17,18)19/h5-8,10-11H,9H2,1-4H3,(H,20,23)(H,21,24)/t11-/m1/s1. The highest BCUT2D eigenvalue weighted by Crippen LogP contribution is 2.34. The Bertz CT molecular complexity index is 588. The van der Waals surface area contributed by atoms with Crippen molar-refractivity contribution in [1.82, 2.24) is 10.2 Å². The lowest BCUT2D eigenvalue weighted by Gasteiger charge is -2.24. The summed E-state index contributed by atoms with van der Waals surface area (Å²) in [5, 5.41) is 4.96. The number of nitrogens with one attached hydrogen (secondary N) is 2. The van der Waals surface area contributed by atoms with Crippen molar-refractivity contribution < 1.29 is 22.8 Å². The van der Waals surface area contributed by atoms with Crippen LogP contribution in [0.3, 0.4) is 0 Å². The zero-order chi connectivity index (χ0) is 18.5. The molecule has 2 amide bonds. The summed E-state index contributed by atoms with van der Waals surface area (Å²) in [5.74, 6) is -0.880. The highest BCUT2D eigenvalue weighted by atomic mass is 19.4. The van der Waals surface area contributed by atoms with Crippen LogP contribution < -0.4 is 10.6 Å². The lowest BCUT2D eigenvalue weighted by molar-refractivity contribution is -0.137. The van der Waals surface area contributed by atoms with Crippen LogP contribution in [0.1, 0.15) is 26.3 Å². The van der Waals surface area contributed by atoms with Gasteiger partial charge in [0, 0.05) is 6.04 Å². The SMILES string of the molecule is CC(C)NC(=O)CN(C)[C@H](C)C(=O)Nc1ccccc1C(F)(F)F. The monoisotopic (exact) mass is 345 g/mol. The Hall–Kier alpha value is -2.09. The van der Waals surface area contributed by atoms with E-state index in [1.807, 2.05) is 13.8 Å². The number of hydrogen-bond acceptors (Lipinski definition) is 3. The fraction of sp³-hybridized carbons (Fsp3) is 0.500. The highest BCUT2D eigenvalue weighted by Gasteiger charge is 2.34. The number of anilines is 1. The van der Waals surface area contributed by atoms with Crippen LogP contribution in [0, 0.1) is 0 Å². The second-order valence-electron chi connectivity index (χ2n) is 5.85. The first-order valence-corrected chi connectivity index (χ1v) is 7.49. The van der Waals surface area contributed by atoms with Gasteiger partial charge < -0.3 is 10.6 Å². The van der Waals surface area contributed by atoms with E-state index in [9.17, 15) is 22.8 Å². The molecule has 0 aliphatic rings. The number of alkyl halides is 3. The van der Waals surface area contributed by atoms with Crippen LogP contribution in [0.25, 0.3) is 0 Å². The number of para-hydroxylation sites is 1. The van der Waals surface area contributed by atoms with Gasteiger partial charge in [-0.1, -0.05) is 12.1 Å². The average molecular weight is 345 g/mol. The molecule has 0 aliphatic carbocycles. The van der Waals surface area contributed by atoms with Crippen molar-refractivity contribution in [2.75, 3.05) is 18.9 Å². The topological polar surface area (TPSA) is 61.4 Å².